The Morgan fingerprint density at radius 1 is 0.967 bits per heavy atom. The van der Waals surface area contributed by atoms with E-state index in [-0.39, 0.29) is 30.8 Å². The van der Waals surface area contributed by atoms with Crippen LogP contribution < -0.4 is 5.32 Å². The SMILES string of the molecule is CC[C@@H](C)NC(=O)[C@@H](CC)N(Cc1ccccc1Cl)C(=O)Cc1ccc(Cl)c(Cl)c1. The first-order chi connectivity index (χ1) is 14.3. The van der Waals surface area contributed by atoms with Gasteiger partial charge in [0.2, 0.25) is 11.8 Å². The van der Waals surface area contributed by atoms with Crippen molar-refractivity contribution in [1.29, 1.82) is 0 Å². The number of carbonyl (C=O) groups is 2. The van der Waals surface area contributed by atoms with E-state index in [1.165, 1.54) is 0 Å². The highest BCUT2D eigenvalue weighted by molar-refractivity contribution is 6.42. The predicted molar refractivity (Wildman–Crippen MR) is 124 cm³/mol. The first kappa shape index (κ1) is 24.5. The maximum Gasteiger partial charge on any atom is 0.243 e. The third-order valence-electron chi connectivity index (χ3n) is 5.02. The van der Waals surface area contributed by atoms with Crippen LogP contribution in [0.25, 0.3) is 0 Å². The van der Waals surface area contributed by atoms with Gasteiger partial charge in [0.1, 0.15) is 6.04 Å². The lowest BCUT2D eigenvalue weighted by Gasteiger charge is -2.32. The van der Waals surface area contributed by atoms with Crippen LogP contribution in [0.15, 0.2) is 42.5 Å². The third-order valence-corrected chi connectivity index (χ3v) is 6.13. The summed E-state index contributed by atoms with van der Waals surface area (Å²) in [5.41, 5.74) is 1.52. The summed E-state index contributed by atoms with van der Waals surface area (Å²) in [5.74, 6) is -0.346. The number of hydrogen-bond acceptors (Lipinski definition) is 2. The Labute approximate surface area is 193 Å². The summed E-state index contributed by atoms with van der Waals surface area (Å²) in [6.07, 6.45) is 1.40. The molecular weight excluding hydrogens is 443 g/mol. The van der Waals surface area contributed by atoms with E-state index >= 15 is 0 Å². The van der Waals surface area contributed by atoms with Gasteiger partial charge in [-0.15, -0.1) is 0 Å². The molecule has 2 aromatic rings. The largest absolute Gasteiger partial charge is 0.352 e. The molecule has 0 saturated carbocycles. The maximum absolute atomic E-state index is 13.3. The Bertz CT molecular complexity index is 889. The number of amides is 2. The van der Waals surface area contributed by atoms with Gasteiger partial charge in [0.15, 0.2) is 0 Å². The maximum atomic E-state index is 13.3. The molecule has 0 heterocycles. The summed E-state index contributed by atoms with van der Waals surface area (Å²) < 4.78 is 0. The van der Waals surface area contributed by atoms with E-state index in [9.17, 15) is 9.59 Å². The zero-order chi connectivity index (χ0) is 22.3. The fourth-order valence-electron chi connectivity index (χ4n) is 3.10. The molecule has 4 nitrogen and oxygen atoms in total. The Morgan fingerprint density at radius 2 is 1.67 bits per heavy atom. The topological polar surface area (TPSA) is 49.4 Å². The Kier molecular flexibility index (Phi) is 9.47. The number of nitrogens with one attached hydrogen (secondary N) is 1. The van der Waals surface area contributed by atoms with E-state index in [0.29, 0.717) is 21.5 Å². The molecule has 162 valence electrons. The lowest BCUT2D eigenvalue weighted by atomic mass is 10.1. The molecule has 2 aromatic carbocycles. The average Bonchev–Trinajstić information content (AvgIpc) is 2.71. The molecular formula is C23H27Cl3N2O2. The summed E-state index contributed by atoms with van der Waals surface area (Å²) in [7, 11) is 0. The summed E-state index contributed by atoms with van der Waals surface area (Å²) in [6, 6.07) is 11.9. The second-order valence-electron chi connectivity index (χ2n) is 7.28. The van der Waals surface area contributed by atoms with Crippen LogP contribution in [0.1, 0.15) is 44.7 Å². The number of rotatable bonds is 9. The molecule has 0 aliphatic rings. The Hall–Kier alpha value is -1.75. The highest BCUT2D eigenvalue weighted by atomic mass is 35.5. The van der Waals surface area contributed by atoms with Crippen molar-refractivity contribution in [1.82, 2.24) is 10.2 Å². The van der Waals surface area contributed by atoms with Gasteiger partial charge in [-0.1, -0.05) is 72.9 Å². The van der Waals surface area contributed by atoms with Gasteiger partial charge in [0, 0.05) is 17.6 Å². The fraction of sp³-hybridized carbons (Fsp3) is 0.391. The van der Waals surface area contributed by atoms with Gasteiger partial charge in [-0.25, -0.2) is 0 Å². The molecule has 0 bridgehead atoms. The molecule has 2 rings (SSSR count). The van der Waals surface area contributed by atoms with Gasteiger partial charge >= 0.3 is 0 Å². The monoisotopic (exact) mass is 468 g/mol. The zero-order valence-electron chi connectivity index (χ0n) is 17.4. The molecule has 7 heteroatoms. The Balaban J connectivity index is 2.33. The molecule has 30 heavy (non-hydrogen) atoms. The van der Waals surface area contributed by atoms with Crippen molar-refractivity contribution in [3.63, 3.8) is 0 Å². The van der Waals surface area contributed by atoms with Gasteiger partial charge < -0.3 is 10.2 Å². The van der Waals surface area contributed by atoms with Crippen LogP contribution in [0, 0.1) is 0 Å². The van der Waals surface area contributed by atoms with Crippen LogP contribution in [0.4, 0.5) is 0 Å². The van der Waals surface area contributed by atoms with Crippen molar-refractivity contribution in [2.75, 3.05) is 0 Å². The van der Waals surface area contributed by atoms with E-state index < -0.39 is 6.04 Å². The number of halogens is 3. The van der Waals surface area contributed by atoms with Crippen molar-refractivity contribution >= 4 is 46.6 Å². The first-order valence-corrected chi connectivity index (χ1v) is 11.2. The van der Waals surface area contributed by atoms with Gasteiger partial charge in [-0.05, 0) is 49.1 Å². The highest BCUT2D eigenvalue weighted by Gasteiger charge is 2.29. The fourth-order valence-corrected chi connectivity index (χ4v) is 3.61. The number of carbonyl (C=O) groups excluding carboxylic acids is 2. The van der Waals surface area contributed by atoms with E-state index in [4.69, 9.17) is 34.8 Å². The van der Waals surface area contributed by atoms with E-state index in [0.717, 1.165) is 17.5 Å². The standard InChI is InChI=1S/C23H27Cl3N2O2/c1-4-15(3)27-23(30)21(5-2)28(14-17-8-6-7-9-18(17)24)22(29)13-16-10-11-19(25)20(26)12-16/h6-12,15,21H,4-5,13-14H2,1-3H3,(H,27,30)/t15-,21-/m1/s1. The molecule has 0 aromatic heterocycles. The van der Waals surface area contributed by atoms with Crippen LogP contribution in [-0.2, 0) is 22.6 Å². The van der Waals surface area contributed by atoms with Gasteiger partial charge in [-0.3, -0.25) is 9.59 Å². The third kappa shape index (κ3) is 6.63. The second-order valence-corrected chi connectivity index (χ2v) is 8.50. The molecule has 2 atom stereocenters. The van der Waals surface area contributed by atoms with Crippen molar-refractivity contribution in [3.05, 3.63) is 68.7 Å². The summed E-state index contributed by atoms with van der Waals surface area (Å²) in [6.45, 7) is 6.09. The summed E-state index contributed by atoms with van der Waals surface area (Å²) >= 11 is 18.4. The molecule has 0 unspecified atom stereocenters. The highest BCUT2D eigenvalue weighted by Crippen LogP contribution is 2.24. The molecule has 0 saturated heterocycles. The van der Waals surface area contributed by atoms with Crippen LogP contribution in [0.3, 0.4) is 0 Å². The van der Waals surface area contributed by atoms with Crippen LogP contribution >= 0.6 is 34.8 Å². The molecule has 0 radical (unpaired) electrons. The molecule has 2 amide bonds. The zero-order valence-corrected chi connectivity index (χ0v) is 19.7. The normalized spacial score (nSPS) is 12.9. The number of benzene rings is 2. The first-order valence-electron chi connectivity index (χ1n) is 10.0. The van der Waals surface area contributed by atoms with Crippen LogP contribution in [0.2, 0.25) is 15.1 Å². The van der Waals surface area contributed by atoms with Crippen molar-refractivity contribution in [3.8, 4) is 0 Å². The molecule has 0 spiro atoms. The van der Waals surface area contributed by atoms with Crippen molar-refractivity contribution < 1.29 is 9.59 Å². The second kappa shape index (κ2) is 11.6. The minimum absolute atomic E-state index is 0.0267. The number of nitrogens with zero attached hydrogens (tertiary/aromatic N) is 1. The van der Waals surface area contributed by atoms with Crippen molar-refractivity contribution in [2.45, 2.75) is 58.7 Å². The average molecular weight is 470 g/mol. The van der Waals surface area contributed by atoms with Crippen LogP contribution in [0.5, 0.6) is 0 Å². The lowest BCUT2D eigenvalue weighted by molar-refractivity contribution is -0.141. The van der Waals surface area contributed by atoms with Crippen molar-refractivity contribution in [2.24, 2.45) is 0 Å². The van der Waals surface area contributed by atoms with E-state index in [1.807, 2.05) is 39.0 Å². The van der Waals surface area contributed by atoms with Gasteiger partial charge in [0.25, 0.3) is 0 Å². The smallest absolute Gasteiger partial charge is 0.243 e. The molecule has 0 fully saturated rings. The minimum Gasteiger partial charge on any atom is -0.352 e. The molecule has 0 aliphatic carbocycles. The van der Waals surface area contributed by atoms with E-state index in [2.05, 4.69) is 5.32 Å². The quantitative estimate of drug-likeness (QED) is 0.496. The summed E-state index contributed by atoms with van der Waals surface area (Å²) in [4.78, 5) is 27.8. The predicted octanol–water partition coefficient (Wildman–Crippen LogP) is 5.91. The van der Waals surface area contributed by atoms with E-state index in [1.54, 1.807) is 29.2 Å². The molecule has 1 N–H and O–H groups in total. The lowest BCUT2D eigenvalue weighted by Crippen LogP contribution is -2.51. The van der Waals surface area contributed by atoms with Gasteiger partial charge in [0.05, 0.1) is 16.5 Å². The number of hydrogen-bond donors (Lipinski definition) is 1. The molecule has 0 aliphatic heterocycles. The Morgan fingerprint density at radius 3 is 2.27 bits per heavy atom. The van der Waals surface area contributed by atoms with Gasteiger partial charge in [-0.2, -0.15) is 0 Å². The van der Waals surface area contributed by atoms with Crippen LogP contribution in [-0.4, -0.2) is 28.8 Å². The minimum atomic E-state index is -0.606. The summed E-state index contributed by atoms with van der Waals surface area (Å²) in [5, 5.41) is 4.37.